The topological polar surface area (TPSA) is 83.6 Å². The lowest BCUT2D eigenvalue weighted by atomic mass is 10.0. The molecule has 5 heteroatoms. The molecule has 0 saturated heterocycles. The largest absolute Gasteiger partial charge is 0.508 e. The van der Waals surface area contributed by atoms with Crippen molar-refractivity contribution in [1.82, 2.24) is 0 Å². The maximum Gasteiger partial charge on any atom is 0.305 e. The van der Waals surface area contributed by atoms with Crippen LogP contribution in [0.3, 0.4) is 0 Å². The number of aromatic hydroxyl groups is 1. The predicted molar refractivity (Wildman–Crippen MR) is 55.0 cm³/mol. The van der Waals surface area contributed by atoms with E-state index in [1.54, 1.807) is 6.07 Å². The number of phenolic OH excluding ortho intramolecular Hbond substituents is 1. The Bertz CT molecular complexity index is 354. The van der Waals surface area contributed by atoms with Gasteiger partial charge >= 0.3 is 5.97 Å². The molecule has 0 aromatic heterocycles. The van der Waals surface area contributed by atoms with Gasteiger partial charge in [0.05, 0.1) is 6.42 Å². The molecule has 0 aliphatic heterocycles. The summed E-state index contributed by atoms with van der Waals surface area (Å²) < 4.78 is 0.617. The molecule has 0 aliphatic carbocycles. The molecule has 14 heavy (non-hydrogen) atoms. The lowest BCUT2D eigenvalue weighted by Gasteiger charge is -2.11. The van der Waals surface area contributed by atoms with Gasteiger partial charge in [0.15, 0.2) is 0 Å². The molecule has 0 heterocycles. The van der Waals surface area contributed by atoms with Gasteiger partial charge in [-0.1, -0.05) is 22.0 Å². The zero-order chi connectivity index (χ0) is 10.7. The van der Waals surface area contributed by atoms with Crippen molar-refractivity contribution < 1.29 is 15.0 Å². The number of nitrogens with two attached hydrogens (primary N) is 1. The van der Waals surface area contributed by atoms with Gasteiger partial charge in [-0.15, -0.1) is 0 Å². The van der Waals surface area contributed by atoms with Gasteiger partial charge in [0, 0.05) is 10.5 Å². The second kappa shape index (κ2) is 4.43. The first-order chi connectivity index (χ1) is 6.50. The van der Waals surface area contributed by atoms with E-state index >= 15 is 0 Å². The maximum atomic E-state index is 10.4. The number of carbonyl (C=O) groups is 1. The van der Waals surface area contributed by atoms with E-state index in [-0.39, 0.29) is 12.2 Å². The van der Waals surface area contributed by atoms with Gasteiger partial charge in [-0.25, -0.2) is 0 Å². The molecule has 0 spiro atoms. The molecule has 1 aromatic carbocycles. The molecule has 76 valence electrons. The maximum absolute atomic E-state index is 10.4. The van der Waals surface area contributed by atoms with Crippen LogP contribution in [0.2, 0.25) is 0 Å². The number of benzene rings is 1. The Hall–Kier alpha value is -1.07. The Morgan fingerprint density at radius 3 is 2.71 bits per heavy atom. The molecule has 1 rings (SSSR count). The van der Waals surface area contributed by atoms with Crippen LogP contribution in [-0.4, -0.2) is 16.2 Å². The SMILES string of the molecule is NC(CC(=O)O)c1ccc(O)cc1Br. The normalized spacial score (nSPS) is 12.4. The minimum Gasteiger partial charge on any atom is -0.508 e. The molecule has 0 fully saturated rings. The molecule has 1 atom stereocenters. The summed E-state index contributed by atoms with van der Waals surface area (Å²) in [6.07, 6.45) is -0.136. The van der Waals surface area contributed by atoms with Crippen LogP contribution in [0.1, 0.15) is 18.0 Å². The minimum absolute atomic E-state index is 0.114. The van der Waals surface area contributed by atoms with Crippen molar-refractivity contribution in [3.63, 3.8) is 0 Å². The lowest BCUT2D eigenvalue weighted by molar-refractivity contribution is -0.137. The third-order valence-electron chi connectivity index (χ3n) is 1.78. The van der Waals surface area contributed by atoms with Crippen molar-refractivity contribution >= 4 is 21.9 Å². The fraction of sp³-hybridized carbons (Fsp3) is 0.222. The van der Waals surface area contributed by atoms with Crippen molar-refractivity contribution in [3.05, 3.63) is 28.2 Å². The minimum atomic E-state index is -0.947. The highest BCUT2D eigenvalue weighted by Gasteiger charge is 2.13. The van der Waals surface area contributed by atoms with Gasteiger partial charge in [0.2, 0.25) is 0 Å². The standard InChI is InChI=1S/C9H10BrNO3/c10-7-3-5(12)1-2-6(7)8(11)4-9(13)14/h1-3,8,12H,4,11H2,(H,13,14). The van der Waals surface area contributed by atoms with Crippen LogP contribution in [0.5, 0.6) is 5.75 Å². The fourth-order valence-electron chi connectivity index (χ4n) is 1.11. The molecule has 4 N–H and O–H groups in total. The van der Waals surface area contributed by atoms with Crippen LogP contribution in [0.4, 0.5) is 0 Å². The van der Waals surface area contributed by atoms with E-state index in [9.17, 15) is 4.79 Å². The number of hydrogen-bond acceptors (Lipinski definition) is 3. The Balaban J connectivity index is 2.90. The number of carboxylic acid groups (broad SMARTS) is 1. The first kappa shape index (κ1) is 11.0. The highest BCUT2D eigenvalue weighted by Crippen LogP contribution is 2.27. The lowest BCUT2D eigenvalue weighted by Crippen LogP contribution is -2.15. The van der Waals surface area contributed by atoms with Gasteiger partial charge in [-0.05, 0) is 17.7 Å². The highest BCUT2D eigenvalue weighted by molar-refractivity contribution is 9.10. The third-order valence-corrected chi connectivity index (χ3v) is 2.46. The number of carboxylic acids is 1. The van der Waals surface area contributed by atoms with Gasteiger partial charge in [-0.3, -0.25) is 4.79 Å². The first-order valence-electron chi connectivity index (χ1n) is 3.96. The van der Waals surface area contributed by atoms with Crippen LogP contribution in [-0.2, 0) is 4.79 Å². The molecule has 1 unspecified atom stereocenters. The first-order valence-corrected chi connectivity index (χ1v) is 4.76. The number of rotatable bonds is 3. The van der Waals surface area contributed by atoms with Gasteiger partial charge in [-0.2, -0.15) is 0 Å². The molecule has 1 aromatic rings. The molecular formula is C9H10BrNO3. The van der Waals surface area contributed by atoms with Crippen LogP contribution in [0.15, 0.2) is 22.7 Å². The fourth-order valence-corrected chi connectivity index (χ4v) is 1.78. The van der Waals surface area contributed by atoms with E-state index in [0.29, 0.717) is 10.0 Å². The molecule has 0 radical (unpaired) electrons. The zero-order valence-corrected chi connectivity index (χ0v) is 8.86. The van der Waals surface area contributed by atoms with E-state index in [0.717, 1.165) is 0 Å². The van der Waals surface area contributed by atoms with Crippen LogP contribution in [0, 0.1) is 0 Å². The third kappa shape index (κ3) is 2.71. The zero-order valence-electron chi connectivity index (χ0n) is 7.27. The van der Waals surface area contributed by atoms with Crippen molar-refractivity contribution in [2.24, 2.45) is 5.73 Å². The second-order valence-electron chi connectivity index (χ2n) is 2.91. The predicted octanol–water partition coefficient (Wildman–Crippen LogP) is 1.63. The molecule has 0 amide bonds. The molecule has 0 bridgehead atoms. The quantitative estimate of drug-likeness (QED) is 0.771. The van der Waals surface area contributed by atoms with Crippen LogP contribution in [0.25, 0.3) is 0 Å². The highest BCUT2D eigenvalue weighted by atomic mass is 79.9. The smallest absolute Gasteiger partial charge is 0.305 e. The number of halogens is 1. The summed E-state index contributed by atoms with van der Waals surface area (Å²) in [5.41, 5.74) is 6.33. The monoisotopic (exact) mass is 259 g/mol. The molecular weight excluding hydrogens is 250 g/mol. The molecule has 0 saturated carbocycles. The summed E-state index contributed by atoms with van der Waals surface area (Å²) in [7, 11) is 0. The van der Waals surface area contributed by atoms with E-state index in [4.69, 9.17) is 15.9 Å². The van der Waals surface area contributed by atoms with Crippen molar-refractivity contribution in [2.45, 2.75) is 12.5 Å². The second-order valence-corrected chi connectivity index (χ2v) is 3.76. The van der Waals surface area contributed by atoms with Gasteiger partial charge in [0.1, 0.15) is 5.75 Å². The van der Waals surface area contributed by atoms with Crippen molar-refractivity contribution in [2.75, 3.05) is 0 Å². The van der Waals surface area contributed by atoms with E-state index < -0.39 is 12.0 Å². The Labute approximate surface area is 89.5 Å². The summed E-state index contributed by atoms with van der Waals surface area (Å²) in [6, 6.07) is 3.99. The summed E-state index contributed by atoms with van der Waals surface area (Å²) in [5, 5.41) is 17.7. The Morgan fingerprint density at radius 2 is 2.21 bits per heavy atom. The van der Waals surface area contributed by atoms with Crippen molar-refractivity contribution in [1.29, 1.82) is 0 Å². The summed E-state index contributed by atoms with van der Waals surface area (Å²) >= 11 is 3.20. The number of phenols is 1. The van der Waals surface area contributed by atoms with Crippen molar-refractivity contribution in [3.8, 4) is 5.75 Å². The Kier molecular flexibility index (Phi) is 3.49. The Morgan fingerprint density at radius 1 is 1.57 bits per heavy atom. The van der Waals surface area contributed by atoms with Gasteiger partial charge in [0.25, 0.3) is 0 Å². The number of hydrogen-bond donors (Lipinski definition) is 3. The summed E-state index contributed by atoms with van der Waals surface area (Å²) in [5.74, 6) is -0.833. The van der Waals surface area contributed by atoms with Crippen LogP contribution < -0.4 is 5.73 Å². The van der Waals surface area contributed by atoms with E-state index in [2.05, 4.69) is 15.9 Å². The van der Waals surface area contributed by atoms with Crippen LogP contribution >= 0.6 is 15.9 Å². The van der Waals surface area contributed by atoms with E-state index in [1.807, 2.05) is 0 Å². The number of aliphatic carboxylic acids is 1. The summed E-state index contributed by atoms with van der Waals surface area (Å²) in [6.45, 7) is 0. The molecule has 0 aliphatic rings. The average Bonchev–Trinajstić information content (AvgIpc) is 2.01. The summed E-state index contributed by atoms with van der Waals surface area (Å²) in [4.78, 5) is 10.4. The molecule has 4 nitrogen and oxygen atoms in total. The van der Waals surface area contributed by atoms with E-state index in [1.165, 1.54) is 12.1 Å². The van der Waals surface area contributed by atoms with Gasteiger partial charge < -0.3 is 15.9 Å². The average molecular weight is 260 g/mol.